The normalized spacial score (nSPS) is 18.2. The third-order valence-electron chi connectivity index (χ3n) is 3.83. The number of nitrogens with zero attached hydrogens (tertiary/aromatic N) is 2. The number of aromatic nitrogens is 2. The van der Waals surface area contributed by atoms with Crippen LogP contribution in [-0.2, 0) is 6.54 Å². The topological polar surface area (TPSA) is 37.8 Å². The van der Waals surface area contributed by atoms with Crippen LogP contribution < -0.4 is 5.32 Å². The van der Waals surface area contributed by atoms with E-state index < -0.39 is 0 Å². The fourth-order valence-electron chi connectivity index (χ4n) is 2.36. The Hall–Kier alpha value is -0.680. The van der Waals surface area contributed by atoms with Crippen LogP contribution in [0.3, 0.4) is 0 Å². The first-order chi connectivity index (χ1) is 10.2. The third kappa shape index (κ3) is 3.09. The first kappa shape index (κ1) is 13.9. The van der Waals surface area contributed by atoms with Crippen LogP contribution in [-0.4, -0.2) is 16.0 Å². The van der Waals surface area contributed by atoms with Crippen molar-refractivity contribution in [3.63, 3.8) is 0 Å². The molecule has 1 N–H and O–H groups in total. The molecule has 2 saturated carbocycles. The zero-order chi connectivity index (χ0) is 14.4. The first-order valence-electron chi connectivity index (χ1n) is 7.25. The van der Waals surface area contributed by atoms with Gasteiger partial charge in [0.2, 0.25) is 0 Å². The van der Waals surface area contributed by atoms with E-state index >= 15 is 0 Å². The van der Waals surface area contributed by atoms with Crippen LogP contribution in [0, 0.1) is 0 Å². The SMILES string of the molecule is Clc1cnc(-c2nc(C3CC3)c(CNC3CC3)s2)c(Cl)c1. The quantitative estimate of drug-likeness (QED) is 0.862. The minimum Gasteiger partial charge on any atom is -0.309 e. The number of pyridine rings is 1. The molecule has 0 aromatic carbocycles. The van der Waals surface area contributed by atoms with Gasteiger partial charge in [0.15, 0.2) is 0 Å². The van der Waals surface area contributed by atoms with Crippen LogP contribution in [0.2, 0.25) is 10.0 Å². The summed E-state index contributed by atoms with van der Waals surface area (Å²) in [6.07, 6.45) is 6.73. The lowest BCUT2D eigenvalue weighted by Crippen LogP contribution is -2.15. The molecule has 0 unspecified atom stereocenters. The Kier molecular flexibility index (Phi) is 3.66. The molecule has 2 fully saturated rings. The average molecular weight is 340 g/mol. The molecule has 0 aliphatic heterocycles. The van der Waals surface area contributed by atoms with Crippen molar-refractivity contribution in [3.05, 3.63) is 32.9 Å². The second-order valence-corrected chi connectivity index (χ2v) is 7.67. The van der Waals surface area contributed by atoms with Crippen LogP contribution >= 0.6 is 34.5 Å². The van der Waals surface area contributed by atoms with Gasteiger partial charge < -0.3 is 5.32 Å². The first-order valence-corrected chi connectivity index (χ1v) is 8.82. The summed E-state index contributed by atoms with van der Waals surface area (Å²) >= 11 is 13.9. The molecule has 3 nitrogen and oxygen atoms in total. The predicted octanol–water partition coefficient (Wildman–Crippen LogP) is 4.64. The molecule has 0 radical (unpaired) electrons. The van der Waals surface area contributed by atoms with Crippen molar-refractivity contribution >= 4 is 34.5 Å². The molecule has 2 aromatic rings. The van der Waals surface area contributed by atoms with Crippen LogP contribution in [0.15, 0.2) is 12.3 Å². The lowest BCUT2D eigenvalue weighted by atomic mass is 10.2. The Morgan fingerprint density at radius 3 is 2.71 bits per heavy atom. The van der Waals surface area contributed by atoms with Crippen molar-refractivity contribution in [2.75, 3.05) is 0 Å². The molecule has 0 bridgehead atoms. The van der Waals surface area contributed by atoms with E-state index in [1.54, 1.807) is 23.6 Å². The third-order valence-corrected chi connectivity index (χ3v) is 5.40. The maximum Gasteiger partial charge on any atom is 0.143 e. The van der Waals surface area contributed by atoms with Crippen LogP contribution in [0.5, 0.6) is 0 Å². The van der Waals surface area contributed by atoms with Gasteiger partial charge in [0, 0.05) is 29.6 Å². The summed E-state index contributed by atoms with van der Waals surface area (Å²) in [6, 6.07) is 2.44. The molecular weight excluding hydrogens is 325 g/mol. The molecule has 2 heterocycles. The fourth-order valence-corrected chi connectivity index (χ4v) is 4.00. The van der Waals surface area contributed by atoms with Gasteiger partial charge in [-0.15, -0.1) is 11.3 Å². The van der Waals surface area contributed by atoms with E-state index in [0.29, 0.717) is 22.0 Å². The maximum atomic E-state index is 6.26. The average Bonchev–Trinajstić information content (AvgIpc) is 3.36. The summed E-state index contributed by atoms with van der Waals surface area (Å²) in [5, 5.41) is 5.61. The number of hydrogen-bond acceptors (Lipinski definition) is 4. The van der Waals surface area contributed by atoms with Gasteiger partial charge in [0.05, 0.1) is 15.7 Å². The van der Waals surface area contributed by atoms with E-state index in [-0.39, 0.29) is 0 Å². The second-order valence-electron chi connectivity index (χ2n) is 5.74. The molecule has 2 aliphatic rings. The Labute approximate surface area is 137 Å². The molecule has 2 aromatic heterocycles. The molecule has 0 atom stereocenters. The van der Waals surface area contributed by atoms with Gasteiger partial charge in [-0.3, -0.25) is 4.98 Å². The number of nitrogens with one attached hydrogen (secondary N) is 1. The highest BCUT2D eigenvalue weighted by Crippen LogP contribution is 2.44. The summed E-state index contributed by atoms with van der Waals surface area (Å²) in [6.45, 7) is 0.916. The summed E-state index contributed by atoms with van der Waals surface area (Å²) in [5.74, 6) is 0.636. The van der Waals surface area contributed by atoms with Gasteiger partial charge in [-0.05, 0) is 31.7 Å². The molecule has 0 amide bonds. The molecule has 0 spiro atoms. The van der Waals surface area contributed by atoms with Gasteiger partial charge >= 0.3 is 0 Å². The highest BCUT2D eigenvalue weighted by atomic mass is 35.5. The number of hydrogen-bond donors (Lipinski definition) is 1. The lowest BCUT2D eigenvalue weighted by molar-refractivity contribution is 0.688. The van der Waals surface area contributed by atoms with Gasteiger partial charge in [0.1, 0.15) is 10.7 Å². The molecular formula is C15H15Cl2N3S. The summed E-state index contributed by atoms with van der Waals surface area (Å²) in [7, 11) is 0. The Bertz CT molecular complexity index is 678. The molecule has 110 valence electrons. The lowest BCUT2D eigenvalue weighted by Gasteiger charge is -2.01. The van der Waals surface area contributed by atoms with E-state index in [0.717, 1.165) is 17.2 Å². The second kappa shape index (κ2) is 5.51. The monoisotopic (exact) mass is 339 g/mol. The highest BCUT2D eigenvalue weighted by Gasteiger charge is 2.31. The van der Waals surface area contributed by atoms with E-state index in [4.69, 9.17) is 28.2 Å². The minimum atomic E-state index is 0.554. The van der Waals surface area contributed by atoms with E-state index in [9.17, 15) is 0 Å². The summed E-state index contributed by atoms with van der Waals surface area (Å²) in [4.78, 5) is 10.5. The molecule has 21 heavy (non-hydrogen) atoms. The minimum absolute atomic E-state index is 0.554. The van der Waals surface area contributed by atoms with Gasteiger partial charge in [-0.2, -0.15) is 0 Å². The van der Waals surface area contributed by atoms with Crippen molar-refractivity contribution in [2.24, 2.45) is 0 Å². The van der Waals surface area contributed by atoms with Crippen molar-refractivity contribution in [1.82, 2.24) is 15.3 Å². The standard InChI is InChI=1S/C15H15Cl2N3S/c16-9-5-11(17)14(19-6-9)15-20-13(8-1-2-8)12(21-15)7-18-10-3-4-10/h5-6,8,10,18H,1-4,7H2. The number of thiazole rings is 1. The zero-order valence-corrected chi connectivity index (χ0v) is 13.7. The predicted molar refractivity (Wildman–Crippen MR) is 87.2 cm³/mol. The zero-order valence-electron chi connectivity index (χ0n) is 11.4. The maximum absolute atomic E-state index is 6.26. The van der Waals surface area contributed by atoms with Crippen LogP contribution in [0.4, 0.5) is 0 Å². The van der Waals surface area contributed by atoms with Crippen molar-refractivity contribution in [3.8, 4) is 10.7 Å². The van der Waals surface area contributed by atoms with E-state index in [1.807, 2.05) is 0 Å². The van der Waals surface area contributed by atoms with Crippen molar-refractivity contribution in [1.29, 1.82) is 0 Å². The van der Waals surface area contributed by atoms with E-state index in [1.165, 1.54) is 36.3 Å². The van der Waals surface area contributed by atoms with Crippen molar-refractivity contribution in [2.45, 2.75) is 44.2 Å². The largest absolute Gasteiger partial charge is 0.309 e. The Balaban J connectivity index is 1.66. The molecule has 2 aliphatic carbocycles. The molecule has 0 saturated heterocycles. The van der Waals surface area contributed by atoms with Gasteiger partial charge in [-0.1, -0.05) is 23.2 Å². The van der Waals surface area contributed by atoms with Crippen LogP contribution in [0.1, 0.15) is 42.2 Å². The molecule has 4 rings (SSSR count). The smallest absolute Gasteiger partial charge is 0.143 e. The summed E-state index contributed by atoms with van der Waals surface area (Å²) in [5.41, 5.74) is 1.99. The van der Waals surface area contributed by atoms with Gasteiger partial charge in [0.25, 0.3) is 0 Å². The Morgan fingerprint density at radius 1 is 1.24 bits per heavy atom. The molecule has 6 heteroatoms. The van der Waals surface area contributed by atoms with Crippen molar-refractivity contribution < 1.29 is 0 Å². The number of rotatable bonds is 5. The van der Waals surface area contributed by atoms with Crippen LogP contribution in [0.25, 0.3) is 10.7 Å². The Morgan fingerprint density at radius 2 is 2.05 bits per heavy atom. The van der Waals surface area contributed by atoms with Gasteiger partial charge in [-0.25, -0.2) is 4.98 Å². The highest BCUT2D eigenvalue weighted by molar-refractivity contribution is 7.15. The fraction of sp³-hybridized carbons (Fsp3) is 0.467. The van der Waals surface area contributed by atoms with E-state index in [2.05, 4.69) is 10.3 Å². The summed E-state index contributed by atoms with van der Waals surface area (Å²) < 4.78 is 0. The number of halogens is 2.